The molecule has 1 aliphatic heterocycles. The lowest BCUT2D eigenvalue weighted by atomic mass is 10.0. The highest BCUT2D eigenvalue weighted by molar-refractivity contribution is 6.30. The van der Waals surface area contributed by atoms with Crippen LogP contribution in [0.1, 0.15) is 25.8 Å². The summed E-state index contributed by atoms with van der Waals surface area (Å²) in [5.74, 6) is -0.0509. The van der Waals surface area contributed by atoms with Crippen LogP contribution in [0.2, 0.25) is 5.02 Å². The smallest absolute Gasteiger partial charge is 0.325 e. The number of aromatic nitrogens is 2. The van der Waals surface area contributed by atoms with Gasteiger partial charge in [-0.15, -0.1) is 0 Å². The molecule has 6 nitrogen and oxygen atoms in total. The van der Waals surface area contributed by atoms with Crippen molar-refractivity contribution < 1.29 is 4.79 Å². The Bertz CT molecular complexity index is 1050. The second-order valence-electron chi connectivity index (χ2n) is 7.26. The van der Waals surface area contributed by atoms with Crippen LogP contribution >= 0.6 is 11.6 Å². The van der Waals surface area contributed by atoms with Crippen LogP contribution in [0.25, 0.3) is 11.0 Å². The van der Waals surface area contributed by atoms with Gasteiger partial charge >= 0.3 is 5.69 Å². The third kappa shape index (κ3) is 3.70. The molecule has 0 saturated carbocycles. The summed E-state index contributed by atoms with van der Waals surface area (Å²) in [4.78, 5) is 30.1. The first-order valence-corrected chi connectivity index (χ1v) is 9.90. The molecule has 146 valence electrons. The van der Waals surface area contributed by atoms with Gasteiger partial charge in [0.1, 0.15) is 0 Å². The lowest BCUT2D eigenvalue weighted by Crippen LogP contribution is -2.46. The van der Waals surface area contributed by atoms with Crippen LogP contribution in [0, 0.1) is 0 Å². The second-order valence-corrected chi connectivity index (χ2v) is 7.70. The molecule has 2 aromatic carbocycles. The quantitative estimate of drug-likeness (QED) is 0.704. The predicted molar refractivity (Wildman–Crippen MR) is 112 cm³/mol. The van der Waals surface area contributed by atoms with Gasteiger partial charge in [0, 0.05) is 29.8 Å². The van der Waals surface area contributed by atoms with Crippen LogP contribution in [-0.2, 0) is 4.79 Å². The summed E-state index contributed by atoms with van der Waals surface area (Å²) < 4.78 is 1.86. The number of hydrogen-bond acceptors (Lipinski definition) is 3. The highest BCUT2D eigenvalue weighted by Gasteiger charge is 2.28. The summed E-state index contributed by atoms with van der Waals surface area (Å²) in [5.41, 5.74) is 2.44. The van der Waals surface area contributed by atoms with E-state index in [0.717, 1.165) is 37.0 Å². The van der Waals surface area contributed by atoms with Gasteiger partial charge in [-0.05, 0) is 50.1 Å². The number of piperidine rings is 1. The summed E-state index contributed by atoms with van der Waals surface area (Å²) in [6.07, 6.45) is 1.66. The van der Waals surface area contributed by atoms with E-state index >= 15 is 0 Å². The van der Waals surface area contributed by atoms with Crippen LogP contribution in [0.3, 0.4) is 0 Å². The third-order valence-corrected chi connectivity index (χ3v) is 5.74. The Balaban J connectivity index is 1.41. The Morgan fingerprint density at radius 1 is 1.18 bits per heavy atom. The van der Waals surface area contributed by atoms with Crippen LogP contribution in [0.15, 0.2) is 53.3 Å². The Labute approximate surface area is 168 Å². The summed E-state index contributed by atoms with van der Waals surface area (Å²) in [7, 11) is 0. The Morgan fingerprint density at radius 3 is 2.68 bits per heavy atom. The number of para-hydroxylation sites is 2. The van der Waals surface area contributed by atoms with Gasteiger partial charge in [-0.3, -0.25) is 14.3 Å². The molecular weight excluding hydrogens is 376 g/mol. The fourth-order valence-electron chi connectivity index (χ4n) is 3.95. The van der Waals surface area contributed by atoms with Gasteiger partial charge in [-0.25, -0.2) is 4.79 Å². The number of hydrogen-bond donors (Lipinski definition) is 2. The second kappa shape index (κ2) is 7.81. The fraction of sp³-hybridized carbons (Fsp3) is 0.333. The number of nitrogens with one attached hydrogen (secondary N) is 2. The average molecular weight is 399 g/mol. The van der Waals surface area contributed by atoms with Crippen molar-refractivity contribution in [3.05, 3.63) is 64.0 Å². The maximum atomic E-state index is 12.6. The number of imidazole rings is 1. The van der Waals surface area contributed by atoms with Crippen molar-refractivity contribution in [2.45, 2.75) is 31.8 Å². The molecule has 2 N–H and O–H groups in total. The lowest BCUT2D eigenvalue weighted by Gasteiger charge is -2.35. The minimum absolute atomic E-state index is 0.0509. The van der Waals surface area contributed by atoms with E-state index in [2.05, 4.69) is 15.2 Å². The van der Waals surface area contributed by atoms with E-state index in [1.165, 1.54) is 0 Å². The van der Waals surface area contributed by atoms with Crippen molar-refractivity contribution in [1.82, 2.24) is 14.5 Å². The zero-order valence-electron chi connectivity index (χ0n) is 15.7. The topological polar surface area (TPSA) is 70.1 Å². The van der Waals surface area contributed by atoms with Crippen molar-refractivity contribution in [2.75, 3.05) is 18.4 Å². The number of halogens is 1. The molecule has 2 heterocycles. The molecular formula is C21H23ClN4O2. The molecule has 0 spiro atoms. The number of benzene rings is 2. The third-order valence-electron chi connectivity index (χ3n) is 5.51. The van der Waals surface area contributed by atoms with Crippen LogP contribution in [-0.4, -0.2) is 39.5 Å². The van der Waals surface area contributed by atoms with Crippen molar-refractivity contribution in [3.63, 3.8) is 0 Å². The van der Waals surface area contributed by atoms with Crippen molar-refractivity contribution in [1.29, 1.82) is 0 Å². The first-order chi connectivity index (χ1) is 13.5. The van der Waals surface area contributed by atoms with E-state index in [9.17, 15) is 9.59 Å². The van der Waals surface area contributed by atoms with Gasteiger partial charge in [0.15, 0.2) is 0 Å². The zero-order valence-corrected chi connectivity index (χ0v) is 16.4. The van der Waals surface area contributed by atoms with Gasteiger partial charge in [0.05, 0.1) is 17.1 Å². The van der Waals surface area contributed by atoms with Gasteiger partial charge in [0.25, 0.3) is 0 Å². The molecule has 0 radical (unpaired) electrons. The molecule has 1 fully saturated rings. The molecule has 1 atom stereocenters. The maximum Gasteiger partial charge on any atom is 0.326 e. The largest absolute Gasteiger partial charge is 0.326 e. The number of amides is 1. The first kappa shape index (κ1) is 18.8. The number of anilines is 1. The summed E-state index contributed by atoms with van der Waals surface area (Å²) in [6.45, 7) is 3.44. The zero-order chi connectivity index (χ0) is 19.7. The molecule has 7 heteroatoms. The minimum Gasteiger partial charge on any atom is -0.325 e. The summed E-state index contributed by atoms with van der Waals surface area (Å²) >= 11 is 5.98. The van der Waals surface area contributed by atoms with Crippen molar-refractivity contribution >= 4 is 34.2 Å². The molecule has 28 heavy (non-hydrogen) atoms. The number of carbonyl (C=O) groups is 1. The van der Waals surface area contributed by atoms with Crippen molar-refractivity contribution in [3.8, 4) is 0 Å². The molecule has 1 aliphatic rings. The molecule has 3 aromatic rings. The molecule has 1 unspecified atom stereocenters. The number of likely N-dealkylation sites (tertiary alicyclic amines) is 1. The Hall–Kier alpha value is -2.57. The van der Waals surface area contributed by atoms with Crippen molar-refractivity contribution in [2.24, 2.45) is 0 Å². The number of carbonyl (C=O) groups excluding carboxylic acids is 1. The first-order valence-electron chi connectivity index (χ1n) is 9.52. The van der Waals surface area contributed by atoms with Crippen LogP contribution in [0.5, 0.6) is 0 Å². The highest BCUT2D eigenvalue weighted by Crippen LogP contribution is 2.26. The molecule has 1 saturated heterocycles. The lowest BCUT2D eigenvalue weighted by molar-refractivity contribution is -0.121. The average Bonchev–Trinajstić information content (AvgIpc) is 3.03. The maximum absolute atomic E-state index is 12.6. The van der Waals surface area contributed by atoms with E-state index in [4.69, 9.17) is 11.6 Å². The number of H-pyrrole nitrogens is 1. The SMILES string of the molecule is CC(C(=O)Nc1cccc(Cl)c1)N1CCC(n2c(=O)[nH]c3ccccc32)CC1. The van der Waals surface area contributed by atoms with Gasteiger partial charge in [-0.1, -0.05) is 29.8 Å². The molecule has 4 rings (SSSR count). The van der Waals surface area contributed by atoms with Crippen LogP contribution < -0.4 is 11.0 Å². The fourth-order valence-corrected chi connectivity index (χ4v) is 4.14. The number of rotatable bonds is 4. The van der Waals surface area contributed by atoms with E-state index in [-0.39, 0.29) is 23.7 Å². The van der Waals surface area contributed by atoms with Gasteiger partial charge < -0.3 is 10.3 Å². The minimum atomic E-state index is -0.250. The number of nitrogens with zero attached hydrogens (tertiary/aromatic N) is 2. The van der Waals surface area contributed by atoms with Gasteiger partial charge in [-0.2, -0.15) is 0 Å². The highest BCUT2D eigenvalue weighted by atomic mass is 35.5. The molecule has 0 bridgehead atoms. The normalized spacial score (nSPS) is 16.9. The number of fused-ring (bicyclic) bond motifs is 1. The van der Waals surface area contributed by atoms with E-state index in [0.29, 0.717) is 10.7 Å². The van der Waals surface area contributed by atoms with E-state index in [1.54, 1.807) is 12.1 Å². The molecule has 1 aromatic heterocycles. The Morgan fingerprint density at radius 2 is 1.93 bits per heavy atom. The standard InChI is InChI=1S/C21H23ClN4O2/c1-14(20(27)23-16-6-4-5-15(22)13-16)25-11-9-17(10-12-25)26-19-8-3-2-7-18(19)24-21(26)28/h2-8,13-14,17H,9-12H2,1H3,(H,23,27)(H,24,28). The Kier molecular flexibility index (Phi) is 5.24. The summed E-state index contributed by atoms with van der Waals surface area (Å²) in [5, 5.41) is 3.52. The number of aromatic amines is 1. The summed E-state index contributed by atoms with van der Waals surface area (Å²) in [6, 6.07) is 14.8. The molecule has 1 amide bonds. The van der Waals surface area contributed by atoms with E-state index in [1.807, 2.05) is 47.9 Å². The monoisotopic (exact) mass is 398 g/mol. The predicted octanol–water partition coefficient (Wildman–Crippen LogP) is 3.65. The van der Waals surface area contributed by atoms with Gasteiger partial charge in [0.2, 0.25) is 5.91 Å². The van der Waals surface area contributed by atoms with E-state index < -0.39 is 0 Å². The van der Waals surface area contributed by atoms with Crippen LogP contribution in [0.4, 0.5) is 5.69 Å². The molecule has 0 aliphatic carbocycles.